The van der Waals surface area contributed by atoms with E-state index in [1.807, 2.05) is 41.4 Å². The number of carbonyl (C=O) groups is 1. The van der Waals surface area contributed by atoms with E-state index in [9.17, 15) is 4.79 Å². The molecule has 0 fully saturated rings. The Hall–Kier alpha value is -3.29. The average Bonchev–Trinajstić information content (AvgIpc) is 3.21. The number of hydrogen-bond donors (Lipinski definition) is 1. The first-order chi connectivity index (χ1) is 11.7. The van der Waals surface area contributed by atoms with E-state index in [1.54, 1.807) is 6.21 Å². The summed E-state index contributed by atoms with van der Waals surface area (Å²) in [5, 5.41) is 10.1. The SMILES string of the molecule is NC(=O)Cc1nc(-c2cccc(C3CN4N=CC=CC4=N3)c2)no1. The number of aromatic nitrogens is 2. The first kappa shape index (κ1) is 14.3. The fourth-order valence-corrected chi connectivity index (χ4v) is 2.67. The molecule has 8 nitrogen and oxygen atoms in total. The predicted octanol–water partition coefficient (Wildman–Crippen LogP) is 1.08. The van der Waals surface area contributed by atoms with Crippen LogP contribution in [0.3, 0.4) is 0 Å². The third-order valence-corrected chi connectivity index (χ3v) is 3.76. The zero-order valence-corrected chi connectivity index (χ0v) is 12.7. The number of primary amides is 1. The minimum Gasteiger partial charge on any atom is -0.369 e. The Bertz CT molecular complexity index is 882. The molecule has 1 unspecified atom stereocenters. The van der Waals surface area contributed by atoms with Gasteiger partial charge in [-0.2, -0.15) is 10.1 Å². The van der Waals surface area contributed by atoms with E-state index in [0.717, 1.165) is 17.0 Å². The van der Waals surface area contributed by atoms with Gasteiger partial charge in [0.15, 0.2) is 0 Å². The van der Waals surface area contributed by atoms with E-state index in [4.69, 9.17) is 10.3 Å². The molecule has 120 valence electrons. The molecule has 8 heteroatoms. The molecule has 1 aromatic heterocycles. The molecule has 1 amide bonds. The molecule has 3 heterocycles. The van der Waals surface area contributed by atoms with E-state index in [1.165, 1.54) is 0 Å². The molecule has 24 heavy (non-hydrogen) atoms. The lowest BCUT2D eigenvalue weighted by atomic mass is 10.0. The molecular weight excluding hydrogens is 308 g/mol. The summed E-state index contributed by atoms with van der Waals surface area (Å²) in [5.74, 6) is 0.984. The van der Waals surface area contributed by atoms with Crippen LogP contribution in [0.25, 0.3) is 11.4 Å². The summed E-state index contributed by atoms with van der Waals surface area (Å²) in [4.78, 5) is 19.8. The highest BCUT2D eigenvalue weighted by Crippen LogP contribution is 2.29. The summed E-state index contributed by atoms with van der Waals surface area (Å²) in [6.07, 6.45) is 5.49. The molecule has 2 aromatic rings. The number of rotatable bonds is 4. The molecule has 0 radical (unpaired) electrons. The van der Waals surface area contributed by atoms with Crippen LogP contribution in [0, 0.1) is 0 Å². The summed E-state index contributed by atoms with van der Waals surface area (Å²) < 4.78 is 5.05. The highest BCUT2D eigenvalue weighted by Gasteiger charge is 2.26. The second-order valence-electron chi connectivity index (χ2n) is 5.49. The maximum absolute atomic E-state index is 10.9. The number of aliphatic imine (C=N–C) groups is 1. The number of benzene rings is 1. The van der Waals surface area contributed by atoms with Crippen LogP contribution in [0.5, 0.6) is 0 Å². The van der Waals surface area contributed by atoms with Crippen LogP contribution in [-0.4, -0.2) is 39.7 Å². The normalized spacial score (nSPS) is 18.6. The Labute approximate surface area is 137 Å². The molecule has 1 atom stereocenters. The Balaban J connectivity index is 1.59. The Kier molecular flexibility index (Phi) is 3.42. The van der Waals surface area contributed by atoms with Crippen LogP contribution in [-0.2, 0) is 11.2 Å². The molecule has 0 aliphatic carbocycles. The van der Waals surface area contributed by atoms with Crippen LogP contribution >= 0.6 is 0 Å². The molecule has 0 saturated carbocycles. The third kappa shape index (κ3) is 2.69. The molecule has 1 aromatic carbocycles. The molecule has 0 spiro atoms. The van der Waals surface area contributed by atoms with E-state index < -0.39 is 5.91 Å². The maximum Gasteiger partial charge on any atom is 0.236 e. The summed E-state index contributed by atoms with van der Waals surface area (Å²) in [7, 11) is 0. The van der Waals surface area contributed by atoms with Gasteiger partial charge in [0.25, 0.3) is 0 Å². The van der Waals surface area contributed by atoms with Gasteiger partial charge in [0.05, 0.1) is 12.6 Å². The van der Waals surface area contributed by atoms with Crippen LogP contribution < -0.4 is 5.73 Å². The second-order valence-corrected chi connectivity index (χ2v) is 5.49. The lowest BCUT2D eigenvalue weighted by Crippen LogP contribution is -2.22. The number of amides is 1. The van der Waals surface area contributed by atoms with Gasteiger partial charge in [-0.15, -0.1) is 0 Å². The lowest BCUT2D eigenvalue weighted by molar-refractivity contribution is -0.117. The summed E-state index contributed by atoms with van der Waals surface area (Å²) in [6, 6.07) is 7.78. The van der Waals surface area contributed by atoms with Crippen molar-refractivity contribution in [1.29, 1.82) is 0 Å². The van der Waals surface area contributed by atoms with Gasteiger partial charge < -0.3 is 10.3 Å². The number of carbonyl (C=O) groups excluding carboxylic acids is 1. The van der Waals surface area contributed by atoms with E-state index >= 15 is 0 Å². The number of hydrazone groups is 1. The van der Waals surface area contributed by atoms with Gasteiger partial charge in [0.2, 0.25) is 17.6 Å². The number of allylic oxidation sites excluding steroid dienone is 1. The highest BCUT2D eigenvalue weighted by atomic mass is 16.5. The third-order valence-electron chi connectivity index (χ3n) is 3.76. The van der Waals surface area contributed by atoms with Crippen molar-refractivity contribution in [2.24, 2.45) is 15.8 Å². The summed E-state index contributed by atoms with van der Waals surface area (Å²) >= 11 is 0. The van der Waals surface area contributed by atoms with Gasteiger partial charge in [0, 0.05) is 11.8 Å². The van der Waals surface area contributed by atoms with Crippen molar-refractivity contribution < 1.29 is 9.32 Å². The summed E-state index contributed by atoms with van der Waals surface area (Å²) in [6.45, 7) is 0.693. The van der Waals surface area contributed by atoms with Gasteiger partial charge in [-0.1, -0.05) is 23.4 Å². The lowest BCUT2D eigenvalue weighted by Gasteiger charge is -2.14. The first-order valence-electron chi connectivity index (χ1n) is 7.46. The molecule has 0 bridgehead atoms. The minimum absolute atomic E-state index is 0.00292. The number of nitrogens with two attached hydrogens (primary N) is 1. The fourth-order valence-electron chi connectivity index (χ4n) is 2.67. The number of fused-ring (bicyclic) bond motifs is 1. The largest absolute Gasteiger partial charge is 0.369 e. The topological polar surface area (TPSA) is 110 Å². The van der Waals surface area contributed by atoms with Gasteiger partial charge in [0.1, 0.15) is 12.3 Å². The first-order valence-corrected chi connectivity index (χ1v) is 7.46. The zero-order valence-electron chi connectivity index (χ0n) is 12.7. The van der Waals surface area contributed by atoms with Crippen molar-refractivity contribution in [3.63, 3.8) is 0 Å². The quantitative estimate of drug-likeness (QED) is 0.905. The Morgan fingerprint density at radius 3 is 3.17 bits per heavy atom. The monoisotopic (exact) mass is 322 g/mol. The number of amidine groups is 1. The van der Waals surface area contributed by atoms with Crippen molar-refractivity contribution in [2.45, 2.75) is 12.5 Å². The van der Waals surface area contributed by atoms with E-state index in [-0.39, 0.29) is 18.4 Å². The van der Waals surface area contributed by atoms with Crippen LogP contribution in [0.1, 0.15) is 17.5 Å². The standard InChI is InChI=1S/C16H14N6O2/c17-13(23)8-15-20-16(21-24-15)11-4-1-3-10(7-11)12-9-22-14(19-12)5-2-6-18-22/h1-7,12H,8-9H2,(H2,17,23). The zero-order chi connectivity index (χ0) is 16.5. The number of nitrogens with zero attached hydrogens (tertiary/aromatic N) is 5. The highest BCUT2D eigenvalue weighted by molar-refractivity contribution is 5.99. The molecule has 4 rings (SSSR count). The molecular formula is C16H14N6O2. The van der Waals surface area contributed by atoms with Gasteiger partial charge in [-0.05, 0) is 23.8 Å². The van der Waals surface area contributed by atoms with Crippen LogP contribution in [0.15, 0.2) is 51.0 Å². The molecule has 0 saturated heterocycles. The Morgan fingerprint density at radius 1 is 1.42 bits per heavy atom. The van der Waals surface area contributed by atoms with Crippen molar-refractivity contribution in [3.8, 4) is 11.4 Å². The van der Waals surface area contributed by atoms with Crippen molar-refractivity contribution in [3.05, 3.63) is 47.9 Å². The van der Waals surface area contributed by atoms with Crippen LogP contribution in [0.4, 0.5) is 0 Å². The number of hydrogen-bond acceptors (Lipinski definition) is 7. The minimum atomic E-state index is -0.508. The van der Waals surface area contributed by atoms with Crippen molar-refractivity contribution in [1.82, 2.24) is 15.1 Å². The van der Waals surface area contributed by atoms with Gasteiger partial charge in [-0.25, -0.2) is 5.01 Å². The van der Waals surface area contributed by atoms with E-state index in [0.29, 0.717) is 12.4 Å². The fraction of sp³-hybridized carbons (Fsp3) is 0.188. The van der Waals surface area contributed by atoms with E-state index in [2.05, 4.69) is 20.2 Å². The average molecular weight is 322 g/mol. The van der Waals surface area contributed by atoms with Crippen molar-refractivity contribution in [2.75, 3.05) is 6.54 Å². The predicted molar refractivity (Wildman–Crippen MR) is 87.1 cm³/mol. The van der Waals surface area contributed by atoms with Gasteiger partial charge >= 0.3 is 0 Å². The Morgan fingerprint density at radius 2 is 2.33 bits per heavy atom. The smallest absolute Gasteiger partial charge is 0.236 e. The maximum atomic E-state index is 10.9. The second kappa shape index (κ2) is 5.73. The van der Waals surface area contributed by atoms with Crippen molar-refractivity contribution >= 4 is 18.0 Å². The molecule has 2 aliphatic rings. The van der Waals surface area contributed by atoms with Gasteiger partial charge in [-0.3, -0.25) is 9.79 Å². The molecule has 2 N–H and O–H groups in total. The summed E-state index contributed by atoms with van der Waals surface area (Å²) in [5.41, 5.74) is 6.98. The molecule has 2 aliphatic heterocycles. The van der Waals surface area contributed by atoms with Crippen LogP contribution in [0.2, 0.25) is 0 Å².